The summed E-state index contributed by atoms with van der Waals surface area (Å²) in [6.45, 7) is 8.51. The highest BCUT2D eigenvalue weighted by atomic mass is 16.5. The number of nitrogens with two attached hydrogens (primary N) is 1. The summed E-state index contributed by atoms with van der Waals surface area (Å²) in [6.07, 6.45) is 5.43. The van der Waals surface area contributed by atoms with Gasteiger partial charge in [0.25, 0.3) is 0 Å². The second kappa shape index (κ2) is 5.03. The van der Waals surface area contributed by atoms with Crippen LogP contribution in [0.25, 0.3) is 0 Å². The highest BCUT2D eigenvalue weighted by molar-refractivity contribution is 5.06. The molecule has 2 fully saturated rings. The average molecular weight is 226 g/mol. The molecule has 94 valence electrons. The van der Waals surface area contributed by atoms with E-state index in [1.165, 1.54) is 25.9 Å². The van der Waals surface area contributed by atoms with Crippen molar-refractivity contribution in [2.75, 3.05) is 26.2 Å². The standard InChI is InChI=1S/C13H26N2O/c1-3-11-5-6-15(9-11)13(10-14)7-12(8-13)16-4-2/h11-12H,3-10,14H2,1-2H3. The van der Waals surface area contributed by atoms with E-state index in [9.17, 15) is 0 Å². The van der Waals surface area contributed by atoms with Crippen molar-refractivity contribution in [2.24, 2.45) is 11.7 Å². The fraction of sp³-hybridized carbons (Fsp3) is 1.00. The van der Waals surface area contributed by atoms with Gasteiger partial charge in [-0.25, -0.2) is 0 Å². The third-order valence-electron chi connectivity index (χ3n) is 4.53. The highest BCUT2D eigenvalue weighted by Gasteiger charge is 2.49. The fourth-order valence-electron chi connectivity index (χ4n) is 3.29. The van der Waals surface area contributed by atoms with Crippen molar-refractivity contribution in [1.29, 1.82) is 0 Å². The third-order valence-corrected chi connectivity index (χ3v) is 4.53. The van der Waals surface area contributed by atoms with Crippen LogP contribution < -0.4 is 5.73 Å². The minimum atomic E-state index is 0.282. The predicted molar refractivity (Wildman–Crippen MR) is 66.4 cm³/mol. The molecule has 1 aliphatic heterocycles. The molecule has 3 heteroatoms. The van der Waals surface area contributed by atoms with Gasteiger partial charge in [0.15, 0.2) is 0 Å². The molecule has 1 atom stereocenters. The molecule has 1 aliphatic carbocycles. The highest BCUT2D eigenvalue weighted by Crippen LogP contribution is 2.41. The first-order valence-corrected chi connectivity index (χ1v) is 6.80. The molecular weight excluding hydrogens is 200 g/mol. The summed E-state index contributed by atoms with van der Waals surface area (Å²) in [6, 6.07) is 0. The molecule has 0 amide bonds. The monoisotopic (exact) mass is 226 g/mol. The number of hydrogen-bond acceptors (Lipinski definition) is 3. The lowest BCUT2D eigenvalue weighted by Crippen LogP contribution is -2.63. The molecule has 0 radical (unpaired) electrons. The molecule has 0 aromatic heterocycles. The second-order valence-corrected chi connectivity index (χ2v) is 5.42. The first-order valence-electron chi connectivity index (χ1n) is 6.80. The molecule has 1 saturated heterocycles. The fourth-order valence-corrected chi connectivity index (χ4v) is 3.29. The maximum absolute atomic E-state index is 6.00. The maximum Gasteiger partial charge on any atom is 0.0611 e. The first-order chi connectivity index (χ1) is 7.74. The van der Waals surface area contributed by atoms with Gasteiger partial charge in [-0.05, 0) is 38.6 Å². The Kier molecular flexibility index (Phi) is 3.88. The van der Waals surface area contributed by atoms with E-state index in [1.807, 2.05) is 0 Å². The van der Waals surface area contributed by atoms with E-state index in [2.05, 4.69) is 18.7 Å². The molecular formula is C13H26N2O. The van der Waals surface area contributed by atoms with Gasteiger partial charge in [-0.3, -0.25) is 4.90 Å². The Hall–Kier alpha value is -0.120. The van der Waals surface area contributed by atoms with E-state index >= 15 is 0 Å². The lowest BCUT2D eigenvalue weighted by atomic mass is 9.73. The zero-order chi connectivity index (χ0) is 11.6. The van der Waals surface area contributed by atoms with Crippen molar-refractivity contribution < 1.29 is 4.74 Å². The Morgan fingerprint density at radius 1 is 1.38 bits per heavy atom. The zero-order valence-electron chi connectivity index (χ0n) is 10.7. The summed E-state index contributed by atoms with van der Waals surface area (Å²) in [5, 5.41) is 0. The quantitative estimate of drug-likeness (QED) is 0.774. The van der Waals surface area contributed by atoms with Gasteiger partial charge in [-0.15, -0.1) is 0 Å². The summed E-state index contributed by atoms with van der Waals surface area (Å²) < 4.78 is 5.67. The van der Waals surface area contributed by atoms with Gasteiger partial charge in [-0.2, -0.15) is 0 Å². The molecule has 0 spiro atoms. The molecule has 3 nitrogen and oxygen atoms in total. The van der Waals surface area contributed by atoms with Crippen molar-refractivity contribution >= 4 is 0 Å². The van der Waals surface area contributed by atoms with Crippen molar-refractivity contribution in [3.63, 3.8) is 0 Å². The summed E-state index contributed by atoms with van der Waals surface area (Å²) in [7, 11) is 0. The SMILES string of the molecule is CCOC1CC(CN)(N2CCC(CC)C2)C1. The van der Waals surface area contributed by atoms with Gasteiger partial charge in [0.05, 0.1) is 6.10 Å². The van der Waals surface area contributed by atoms with Crippen LogP contribution in [0.5, 0.6) is 0 Å². The second-order valence-electron chi connectivity index (χ2n) is 5.42. The van der Waals surface area contributed by atoms with E-state index in [0.717, 1.165) is 31.9 Å². The Labute approximate surface area is 99.3 Å². The summed E-state index contributed by atoms with van der Waals surface area (Å²) in [5.74, 6) is 0.898. The van der Waals surface area contributed by atoms with Crippen LogP contribution in [0, 0.1) is 5.92 Å². The van der Waals surface area contributed by atoms with E-state index in [0.29, 0.717) is 6.10 Å². The van der Waals surface area contributed by atoms with Gasteiger partial charge in [-0.1, -0.05) is 13.3 Å². The van der Waals surface area contributed by atoms with Crippen LogP contribution in [0.2, 0.25) is 0 Å². The molecule has 0 aromatic rings. The Bertz CT molecular complexity index is 226. The normalized spacial score (nSPS) is 39.9. The minimum absolute atomic E-state index is 0.282. The summed E-state index contributed by atoms with van der Waals surface area (Å²) >= 11 is 0. The van der Waals surface area contributed by atoms with Crippen LogP contribution in [0.3, 0.4) is 0 Å². The van der Waals surface area contributed by atoms with Gasteiger partial charge in [0, 0.05) is 25.2 Å². The van der Waals surface area contributed by atoms with Crippen LogP contribution in [-0.2, 0) is 4.74 Å². The molecule has 1 heterocycles. The largest absolute Gasteiger partial charge is 0.378 e. The van der Waals surface area contributed by atoms with Gasteiger partial charge >= 0.3 is 0 Å². The van der Waals surface area contributed by atoms with Crippen molar-refractivity contribution in [3.8, 4) is 0 Å². The van der Waals surface area contributed by atoms with Crippen LogP contribution in [0.1, 0.15) is 39.5 Å². The van der Waals surface area contributed by atoms with Gasteiger partial charge in [0.2, 0.25) is 0 Å². The number of ether oxygens (including phenoxy) is 1. The van der Waals surface area contributed by atoms with Crippen molar-refractivity contribution in [3.05, 3.63) is 0 Å². The number of likely N-dealkylation sites (tertiary alicyclic amines) is 1. The Morgan fingerprint density at radius 3 is 2.62 bits per heavy atom. The lowest BCUT2D eigenvalue weighted by molar-refractivity contribution is -0.0941. The van der Waals surface area contributed by atoms with Crippen LogP contribution in [0.15, 0.2) is 0 Å². The van der Waals surface area contributed by atoms with Crippen molar-refractivity contribution in [2.45, 2.75) is 51.2 Å². The van der Waals surface area contributed by atoms with E-state index < -0.39 is 0 Å². The average Bonchev–Trinajstić information content (AvgIpc) is 2.71. The number of nitrogens with zero attached hydrogens (tertiary/aromatic N) is 1. The first kappa shape index (κ1) is 12.3. The Morgan fingerprint density at radius 2 is 2.12 bits per heavy atom. The molecule has 0 bridgehead atoms. The summed E-state index contributed by atoms with van der Waals surface area (Å²) in [5.41, 5.74) is 6.28. The molecule has 1 unspecified atom stereocenters. The van der Waals surface area contributed by atoms with E-state index in [-0.39, 0.29) is 5.54 Å². The van der Waals surface area contributed by atoms with E-state index in [4.69, 9.17) is 10.5 Å². The molecule has 16 heavy (non-hydrogen) atoms. The molecule has 2 rings (SSSR count). The maximum atomic E-state index is 6.00. The third kappa shape index (κ3) is 2.13. The molecule has 1 saturated carbocycles. The van der Waals surface area contributed by atoms with Crippen LogP contribution >= 0.6 is 0 Å². The lowest BCUT2D eigenvalue weighted by Gasteiger charge is -2.52. The molecule has 2 N–H and O–H groups in total. The van der Waals surface area contributed by atoms with Gasteiger partial charge < -0.3 is 10.5 Å². The zero-order valence-corrected chi connectivity index (χ0v) is 10.7. The Balaban J connectivity index is 1.87. The minimum Gasteiger partial charge on any atom is -0.378 e. The predicted octanol–water partition coefficient (Wildman–Crippen LogP) is 1.61. The van der Waals surface area contributed by atoms with Crippen LogP contribution in [0.4, 0.5) is 0 Å². The molecule has 2 aliphatic rings. The summed E-state index contributed by atoms with van der Waals surface area (Å²) in [4.78, 5) is 2.64. The molecule has 0 aromatic carbocycles. The number of rotatable bonds is 5. The smallest absolute Gasteiger partial charge is 0.0611 e. The van der Waals surface area contributed by atoms with E-state index in [1.54, 1.807) is 0 Å². The van der Waals surface area contributed by atoms with Crippen molar-refractivity contribution in [1.82, 2.24) is 4.90 Å². The van der Waals surface area contributed by atoms with Gasteiger partial charge in [0.1, 0.15) is 0 Å². The number of hydrogen-bond donors (Lipinski definition) is 1. The topological polar surface area (TPSA) is 38.5 Å². The van der Waals surface area contributed by atoms with Crippen LogP contribution in [-0.4, -0.2) is 42.8 Å².